The standard InChI is InChI=1S/C3H7N4O3/c1-3(2)7(4-8,5-9)6-10/h3H,1-2H3/q+1. The van der Waals surface area contributed by atoms with Gasteiger partial charge in [0.2, 0.25) is 15.9 Å². The topological polar surface area (TPSA) is 88.3 Å². The zero-order valence-corrected chi connectivity index (χ0v) is 5.59. The van der Waals surface area contributed by atoms with Crippen molar-refractivity contribution in [3.63, 3.8) is 0 Å². The number of rotatable bonds is 4. The Bertz CT molecular complexity index is 134. The van der Waals surface area contributed by atoms with Gasteiger partial charge in [-0.2, -0.15) is 0 Å². The largest absolute Gasteiger partial charge is 0.219 e. The van der Waals surface area contributed by atoms with Crippen LogP contribution in [-0.2, 0) is 0 Å². The third kappa shape index (κ3) is 1.18. The molecule has 0 spiro atoms. The molecule has 0 unspecified atom stereocenters. The maximum Gasteiger partial charge on any atom is 0.219 e. The molecule has 0 aromatic heterocycles. The molecule has 0 saturated heterocycles. The molecule has 0 bridgehead atoms. The summed E-state index contributed by atoms with van der Waals surface area (Å²) < 4.78 is 0. The highest BCUT2D eigenvalue weighted by atomic mass is 16.5. The van der Waals surface area contributed by atoms with Gasteiger partial charge in [0.1, 0.15) is 0 Å². The highest BCUT2D eigenvalue weighted by molar-refractivity contribution is 4.34. The number of quaternary nitrogens is 1. The number of nitrogens with zero attached hydrogens (tertiary/aromatic N) is 4. The normalized spacial score (nSPS) is 11.1. The first-order valence-corrected chi connectivity index (χ1v) is 2.56. The molecular weight excluding hydrogens is 140 g/mol. The van der Waals surface area contributed by atoms with Gasteiger partial charge in [0, 0.05) is 0 Å². The lowest BCUT2D eigenvalue weighted by molar-refractivity contribution is -0.972. The molecule has 56 valence electrons. The van der Waals surface area contributed by atoms with E-state index in [-0.39, 0.29) is 0 Å². The lowest BCUT2D eigenvalue weighted by Gasteiger charge is -2.08. The van der Waals surface area contributed by atoms with Crippen molar-refractivity contribution >= 4 is 0 Å². The molecule has 0 aliphatic rings. The van der Waals surface area contributed by atoms with Crippen molar-refractivity contribution in [1.29, 1.82) is 0 Å². The summed E-state index contributed by atoms with van der Waals surface area (Å²) in [6.07, 6.45) is 0. The molecule has 0 fully saturated rings. The van der Waals surface area contributed by atoms with Crippen LogP contribution in [0.5, 0.6) is 0 Å². The summed E-state index contributed by atoms with van der Waals surface area (Å²) in [5, 5.41) is 6.56. The zero-order valence-electron chi connectivity index (χ0n) is 5.59. The van der Waals surface area contributed by atoms with Crippen molar-refractivity contribution in [2.45, 2.75) is 19.9 Å². The zero-order chi connectivity index (χ0) is 8.20. The Morgan fingerprint density at radius 1 is 1.00 bits per heavy atom. The van der Waals surface area contributed by atoms with Crippen LogP contribution in [-0.4, -0.2) is 10.9 Å². The molecule has 7 nitrogen and oxygen atoms in total. The highest BCUT2D eigenvalue weighted by Crippen LogP contribution is 2.15. The van der Waals surface area contributed by atoms with E-state index in [9.17, 15) is 14.7 Å². The van der Waals surface area contributed by atoms with Crippen LogP contribution in [0.3, 0.4) is 0 Å². The minimum atomic E-state index is -1.53. The summed E-state index contributed by atoms with van der Waals surface area (Å²) in [6.45, 7) is 2.87. The maximum absolute atomic E-state index is 9.87. The fourth-order valence-corrected chi connectivity index (χ4v) is 0.328. The molecule has 0 aromatic carbocycles. The molecule has 0 aliphatic heterocycles. The number of hydrogen-bond donors (Lipinski definition) is 0. The van der Waals surface area contributed by atoms with Crippen LogP contribution >= 0.6 is 0 Å². The molecule has 0 N–H and O–H groups in total. The molecule has 0 aromatic rings. The monoisotopic (exact) mass is 147 g/mol. The second-order valence-corrected chi connectivity index (χ2v) is 1.95. The lowest BCUT2D eigenvalue weighted by atomic mass is 10.4. The van der Waals surface area contributed by atoms with Crippen molar-refractivity contribution < 1.29 is 4.81 Å². The Hall–Kier alpha value is -1.24. The Kier molecular flexibility index (Phi) is 2.68. The van der Waals surface area contributed by atoms with Crippen molar-refractivity contribution in [1.82, 2.24) is 0 Å². The molecule has 7 heteroatoms. The summed E-state index contributed by atoms with van der Waals surface area (Å²) in [5.41, 5.74) is 0. The van der Waals surface area contributed by atoms with Crippen LogP contribution in [0.15, 0.2) is 15.9 Å². The summed E-state index contributed by atoms with van der Waals surface area (Å²) in [4.78, 5) is 28.1. The fraction of sp³-hybridized carbons (Fsp3) is 1.00. The quantitative estimate of drug-likeness (QED) is 0.340. The SMILES string of the molecule is CC(C)[N+](N=O)(N=O)N=O. The maximum atomic E-state index is 9.87. The van der Waals surface area contributed by atoms with Gasteiger partial charge in [-0.15, -0.1) is 0 Å². The van der Waals surface area contributed by atoms with Crippen LogP contribution in [0.2, 0.25) is 0 Å². The van der Waals surface area contributed by atoms with E-state index in [4.69, 9.17) is 0 Å². The predicted octanol–water partition coefficient (Wildman–Crippen LogP) is 1.26. The van der Waals surface area contributed by atoms with Gasteiger partial charge in [-0.1, -0.05) is 14.7 Å². The average Bonchev–Trinajstić information content (AvgIpc) is 1.92. The lowest BCUT2D eigenvalue weighted by Crippen LogP contribution is -2.36. The van der Waals surface area contributed by atoms with E-state index in [1.807, 2.05) is 0 Å². The number of nitroso groups, excluding NO2 is 3. The van der Waals surface area contributed by atoms with Crippen molar-refractivity contribution in [2.75, 3.05) is 0 Å². The number of hydrogen-bond acceptors (Lipinski definition) is 6. The van der Waals surface area contributed by atoms with Crippen molar-refractivity contribution in [3.8, 4) is 0 Å². The minimum absolute atomic E-state index is 0.660. The Labute approximate surface area is 56.4 Å². The van der Waals surface area contributed by atoms with Gasteiger partial charge in [0.05, 0.1) is 0 Å². The van der Waals surface area contributed by atoms with E-state index >= 15 is 0 Å². The van der Waals surface area contributed by atoms with E-state index in [1.165, 1.54) is 13.8 Å². The van der Waals surface area contributed by atoms with Crippen LogP contribution in [0.25, 0.3) is 0 Å². The van der Waals surface area contributed by atoms with Gasteiger partial charge >= 0.3 is 0 Å². The van der Waals surface area contributed by atoms with E-state index in [0.717, 1.165) is 0 Å². The second kappa shape index (κ2) is 3.06. The summed E-state index contributed by atoms with van der Waals surface area (Å²) in [7, 11) is 0. The van der Waals surface area contributed by atoms with Gasteiger partial charge in [0.15, 0.2) is 10.9 Å². The van der Waals surface area contributed by atoms with Crippen LogP contribution in [0.4, 0.5) is 0 Å². The average molecular weight is 147 g/mol. The van der Waals surface area contributed by atoms with Crippen LogP contribution < -0.4 is 0 Å². The van der Waals surface area contributed by atoms with E-state index in [2.05, 4.69) is 15.9 Å². The summed E-state index contributed by atoms with van der Waals surface area (Å²) in [5.74, 6) is 0. The molecule has 0 radical (unpaired) electrons. The van der Waals surface area contributed by atoms with Gasteiger partial charge in [-0.25, -0.2) is 0 Å². The van der Waals surface area contributed by atoms with Crippen LogP contribution in [0, 0.1) is 14.7 Å². The Morgan fingerprint density at radius 2 is 1.30 bits per heavy atom. The van der Waals surface area contributed by atoms with Gasteiger partial charge in [-0.3, -0.25) is 0 Å². The molecule has 0 heterocycles. The Balaban J connectivity index is 4.62. The fourth-order valence-electron chi connectivity index (χ4n) is 0.328. The third-order valence-corrected chi connectivity index (χ3v) is 1.05. The Morgan fingerprint density at radius 3 is 1.30 bits per heavy atom. The van der Waals surface area contributed by atoms with Gasteiger partial charge in [-0.05, 0) is 13.8 Å². The summed E-state index contributed by atoms with van der Waals surface area (Å²) >= 11 is 0. The smallest absolute Gasteiger partial charge is 0.0854 e. The second-order valence-electron chi connectivity index (χ2n) is 1.95. The molecule has 0 atom stereocenters. The van der Waals surface area contributed by atoms with E-state index in [1.54, 1.807) is 0 Å². The molecule has 0 rings (SSSR count). The first-order chi connectivity index (χ1) is 4.63. The molecule has 10 heavy (non-hydrogen) atoms. The van der Waals surface area contributed by atoms with Gasteiger partial charge < -0.3 is 0 Å². The van der Waals surface area contributed by atoms with E-state index < -0.39 is 10.9 Å². The summed E-state index contributed by atoms with van der Waals surface area (Å²) in [6, 6.07) is -0.660. The minimum Gasteiger partial charge on any atom is -0.0854 e. The predicted molar refractivity (Wildman–Crippen MR) is 32.8 cm³/mol. The first-order valence-electron chi connectivity index (χ1n) is 2.56. The van der Waals surface area contributed by atoms with E-state index in [0.29, 0.717) is 0 Å². The molecular formula is C3H7N4O3+. The van der Waals surface area contributed by atoms with Crippen molar-refractivity contribution in [2.24, 2.45) is 15.9 Å². The molecule has 0 saturated carbocycles. The molecule has 0 aliphatic carbocycles. The van der Waals surface area contributed by atoms with Gasteiger partial charge in [0.25, 0.3) is 0 Å². The van der Waals surface area contributed by atoms with Crippen molar-refractivity contribution in [3.05, 3.63) is 14.7 Å². The van der Waals surface area contributed by atoms with Crippen LogP contribution in [0.1, 0.15) is 13.8 Å². The first kappa shape index (κ1) is 8.76. The third-order valence-electron chi connectivity index (χ3n) is 1.05. The highest BCUT2D eigenvalue weighted by Gasteiger charge is 2.40. The molecule has 0 amide bonds.